The molecule has 0 aliphatic carbocycles. The first-order chi connectivity index (χ1) is 8.00. The Morgan fingerprint density at radius 3 is 2.53 bits per heavy atom. The van der Waals surface area contributed by atoms with Crippen LogP contribution >= 0.6 is 38.9 Å². The van der Waals surface area contributed by atoms with Crippen molar-refractivity contribution in [3.63, 3.8) is 0 Å². The van der Waals surface area contributed by atoms with Gasteiger partial charge in [0.05, 0.1) is 6.04 Å². The quantitative estimate of drug-likeness (QED) is 0.838. The summed E-state index contributed by atoms with van der Waals surface area (Å²) < 4.78 is 1.05. The van der Waals surface area contributed by atoms with Gasteiger partial charge in [-0.2, -0.15) is 0 Å². The van der Waals surface area contributed by atoms with Crippen LogP contribution in [0.25, 0.3) is 0 Å². The van der Waals surface area contributed by atoms with Crippen molar-refractivity contribution in [3.05, 3.63) is 54.6 Å². The predicted octanol–water partition coefficient (Wildman–Crippen LogP) is 4.83. The third-order valence-corrected chi connectivity index (χ3v) is 5.16. The number of nitrogens with two attached hydrogens (primary N) is 1. The van der Waals surface area contributed by atoms with Gasteiger partial charge in [0.15, 0.2) is 0 Å². The fraction of sp³-hybridized carbons (Fsp3) is 0.231. The molecule has 1 heterocycles. The molecule has 0 aliphatic rings. The summed E-state index contributed by atoms with van der Waals surface area (Å²) in [7, 11) is 0. The van der Waals surface area contributed by atoms with Gasteiger partial charge in [-0.05, 0) is 64.0 Å². The van der Waals surface area contributed by atoms with Gasteiger partial charge in [-0.3, -0.25) is 0 Å². The van der Waals surface area contributed by atoms with Crippen molar-refractivity contribution in [2.75, 3.05) is 0 Å². The Kier molecular flexibility index (Phi) is 3.93. The highest BCUT2D eigenvalue weighted by atomic mass is 79.9. The Labute approximate surface area is 119 Å². The summed E-state index contributed by atoms with van der Waals surface area (Å²) in [6.45, 7) is 4.13. The molecule has 1 aromatic carbocycles. The second-order valence-corrected chi connectivity index (χ2v) is 6.28. The van der Waals surface area contributed by atoms with Crippen LogP contribution < -0.4 is 5.73 Å². The van der Waals surface area contributed by atoms with E-state index in [0.29, 0.717) is 0 Å². The topological polar surface area (TPSA) is 26.0 Å². The van der Waals surface area contributed by atoms with Crippen molar-refractivity contribution in [2.24, 2.45) is 5.73 Å². The molecule has 2 N–H and O–H groups in total. The van der Waals surface area contributed by atoms with Crippen LogP contribution in [0.3, 0.4) is 0 Å². The molecule has 0 aliphatic heterocycles. The maximum Gasteiger partial charge on any atom is 0.0672 e. The molecule has 2 aromatic rings. The molecule has 1 aromatic heterocycles. The first-order valence-corrected chi connectivity index (χ1v) is 7.31. The van der Waals surface area contributed by atoms with E-state index in [9.17, 15) is 0 Å². The monoisotopic (exact) mass is 329 g/mol. The van der Waals surface area contributed by atoms with Gasteiger partial charge in [0, 0.05) is 14.4 Å². The average molecular weight is 331 g/mol. The van der Waals surface area contributed by atoms with Crippen LogP contribution in [0, 0.1) is 13.8 Å². The molecule has 1 atom stereocenters. The van der Waals surface area contributed by atoms with Crippen molar-refractivity contribution in [3.8, 4) is 0 Å². The summed E-state index contributed by atoms with van der Waals surface area (Å²) in [4.78, 5) is 1.11. The number of rotatable bonds is 2. The first-order valence-electron chi connectivity index (χ1n) is 5.26. The molecule has 2 rings (SSSR count). The van der Waals surface area contributed by atoms with E-state index in [4.69, 9.17) is 17.3 Å². The number of benzene rings is 1. The highest BCUT2D eigenvalue weighted by Crippen LogP contribution is 2.35. The van der Waals surface area contributed by atoms with E-state index in [1.165, 1.54) is 11.1 Å². The smallest absolute Gasteiger partial charge is 0.0672 e. The zero-order valence-corrected chi connectivity index (χ0v) is 12.8. The highest BCUT2D eigenvalue weighted by molar-refractivity contribution is 9.10. The fourth-order valence-electron chi connectivity index (χ4n) is 1.71. The number of thiophene rings is 1. The van der Waals surface area contributed by atoms with Crippen LogP contribution in [0.2, 0.25) is 5.02 Å². The molecule has 0 bridgehead atoms. The van der Waals surface area contributed by atoms with Crippen molar-refractivity contribution in [2.45, 2.75) is 19.9 Å². The summed E-state index contributed by atoms with van der Waals surface area (Å²) in [5, 5.41) is 2.76. The number of halogens is 2. The normalized spacial score (nSPS) is 12.8. The second kappa shape index (κ2) is 5.11. The van der Waals surface area contributed by atoms with E-state index in [1.807, 2.05) is 17.5 Å². The van der Waals surface area contributed by atoms with Crippen molar-refractivity contribution in [1.29, 1.82) is 0 Å². The molecule has 0 saturated carbocycles. The number of aryl methyl sites for hydroxylation is 2. The summed E-state index contributed by atoms with van der Waals surface area (Å²) >= 11 is 11.4. The molecular formula is C13H13BrClNS. The molecule has 90 valence electrons. The van der Waals surface area contributed by atoms with E-state index in [0.717, 1.165) is 19.9 Å². The predicted molar refractivity (Wildman–Crippen MR) is 79.0 cm³/mol. The Morgan fingerprint density at radius 1 is 1.29 bits per heavy atom. The van der Waals surface area contributed by atoms with Crippen molar-refractivity contribution in [1.82, 2.24) is 0 Å². The largest absolute Gasteiger partial charge is 0.320 e. The SMILES string of the molecule is Cc1cc(Cl)c(C(N)c2sccc2Br)cc1C. The van der Waals surface area contributed by atoms with Crippen LogP contribution in [-0.4, -0.2) is 0 Å². The minimum atomic E-state index is -0.170. The van der Waals surface area contributed by atoms with E-state index < -0.39 is 0 Å². The molecule has 1 unspecified atom stereocenters. The Hall–Kier alpha value is -0.350. The molecule has 0 radical (unpaired) electrons. The van der Waals surface area contributed by atoms with Crippen molar-refractivity contribution >= 4 is 38.9 Å². The summed E-state index contributed by atoms with van der Waals surface area (Å²) in [5.41, 5.74) is 9.67. The number of hydrogen-bond donors (Lipinski definition) is 1. The lowest BCUT2D eigenvalue weighted by atomic mass is 10.0. The van der Waals surface area contributed by atoms with Gasteiger partial charge in [-0.25, -0.2) is 0 Å². The zero-order chi connectivity index (χ0) is 12.6. The Bertz CT molecular complexity index is 550. The summed E-state index contributed by atoms with van der Waals surface area (Å²) in [5.74, 6) is 0. The summed E-state index contributed by atoms with van der Waals surface area (Å²) in [6.07, 6.45) is 0. The summed E-state index contributed by atoms with van der Waals surface area (Å²) in [6, 6.07) is 5.90. The van der Waals surface area contributed by atoms with Crippen LogP contribution in [0.4, 0.5) is 0 Å². The van der Waals surface area contributed by atoms with Gasteiger partial charge in [-0.1, -0.05) is 17.7 Å². The Morgan fingerprint density at radius 2 is 1.94 bits per heavy atom. The van der Waals surface area contributed by atoms with Gasteiger partial charge in [-0.15, -0.1) is 11.3 Å². The fourth-order valence-corrected chi connectivity index (χ4v) is 3.69. The second-order valence-electron chi connectivity index (χ2n) is 4.07. The van der Waals surface area contributed by atoms with Gasteiger partial charge in [0.25, 0.3) is 0 Å². The third kappa shape index (κ3) is 2.58. The number of hydrogen-bond acceptors (Lipinski definition) is 2. The first kappa shape index (κ1) is 13.1. The average Bonchev–Trinajstić information content (AvgIpc) is 2.69. The highest BCUT2D eigenvalue weighted by Gasteiger charge is 2.17. The van der Waals surface area contributed by atoms with Crippen LogP contribution in [0.5, 0.6) is 0 Å². The third-order valence-electron chi connectivity index (χ3n) is 2.88. The van der Waals surface area contributed by atoms with Crippen LogP contribution in [0.1, 0.15) is 27.6 Å². The molecular weight excluding hydrogens is 318 g/mol. The van der Waals surface area contributed by atoms with Gasteiger partial charge < -0.3 is 5.73 Å². The van der Waals surface area contributed by atoms with Gasteiger partial charge in [0.1, 0.15) is 0 Å². The van der Waals surface area contributed by atoms with E-state index in [-0.39, 0.29) is 6.04 Å². The van der Waals surface area contributed by atoms with Gasteiger partial charge in [0.2, 0.25) is 0 Å². The lowest BCUT2D eigenvalue weighted by Crippen LogP contribution is -2.12. The van der Waals surface area contributed by atoms with Crippen molar-refractivity contribution < 1.29 is 0 Å². The molecule has 0 spiro atoms. The lowest BCUT2D eigenvalue weighted by molar-refractivity contribution is 0.886. The molecule has 0 fully saturated rings. The maximum atomic E-state index is 6.28. The van der Waals surface area contributed by atoms with E-state index >= 15 is 0 Å². The molecule has 17 heavy (non-hydrogen) atoms. The Balaban J connectivity index is 2.48. The molecule has 1 nitrogen and oxygen atoms in total. The maximum absolute atomic E-state index is 6.28. The molecule has 0 saturated heterocycles. The van der Waals surface area contributed by atoms with E-state index in [1.54, 1.807) is 11.3 Å². The zero-order valence-electron chi connectivity index (χ0n) is 9.63. The van der Waals surface area contributed by atoms with Gasteiger partial charge >= 0.3 is 0 Å². The van der Waals surface area contributed by atoms with E-state index in [2.05, 4.69) is 35.8 Å². The molecule has 0 amide bonds. The van der Waals surface area contributed by atoms with Crippen LogP contribution in [0.15, 0.2) is 28.1 Å². The standard InChI is InChI=1S/C13H13BrClNS/c1-7-5-9(11(15)6-8(7)2)12(16)13-10(14)3-4-17-13/h3-6,12H,16H2,1-2H3. The van der Waals surface area contributed by atoms with Crippen LogP contribution in [-0.2, 0) is 0 Å². The molecule has 4 heteroatoms. The minimum Gasteiger partial charge on any atom is -0.320 e. The lowest BCUT2D eigenvalue weighted by Gasteiger charge is -2.15. The minimum absolute atomic E-state index is 0.170.